The summed E-state index contributed by atoms with van der Waals surface area (Å²) in [5, 5.41) is 14.8. The molecule has 5 aliphatic rings. The van der Waals surface area contributed by atoms with Crippen molar-refractivity contribution in [1.29, 1.82) is 0 Å². The summed E-state index contributed by atoms with van der Waals surface area (Å²) in [6.07, 6.45) is 10.3. The molecule has 0 radical (unpaired) electrons. The first-order valence-corrected chi connectivity index (χ1v) is 12.6. The molecule has 4 saturated carbocycles. The number of aliphatic hydroxyl groups is 1. The molecule has 1 aromatic heterocycles. The standard InChI is InChI=1S/C27H36N4O/c1-18-2-4-19(5-3-18)15-31-7-6-23-24(16-31)29-17-30-26(23)28-14-25(32)27-11-20-8-21(12-27)10-22(9-20)13-27/h2-5,17,20-22,25,32H,6-16H2,1H3,(H,28,29,30). The van der Waals surface area contributed by atoms with E-state index in [1.165, 1.54) is 55.2 Å². The number of hydrogen-bond donors (Lipinski definition) is 2. The Balaban J connectivity index is 1.11. The zero-order valence-electron chi connectivity index (χ0n) is 19.3. The SMILES string of the molecule is Cc1ccc(CN2CCc3c(ncnc3NCC(O)C34CC5CC(CC(C5)C3)C4)C2)cc1. The minimum absolute atomic E-state index is 0.152. The smallest absolute Gasteiger partial charge is 0.133 e. The number of hydrogen-bond acceptors (Lipinski definition) is 5. The Morgan fingerprint density at radius 2 is 1.75 bits per heavy atom. The number of fused-ring (bicyclic) bond motifs is 1. The lowest BCUT2D eigenvalue weighted by Gasteiger charge is -2.58. The lowest BCUT2D eigenvalue weighted by molar-refractivity contribution is -0.115. The molecule has 5 heteroatoms. The highest BCUT2D eigenvalue weighted by atomic mass is 16.3. The molecule has 170 valence electrons. The summed E-state index contributed by atoms with van der Waals surface area (Å²) in [6.45, 7) is 5.57. The number of anilines is 1. The third-order valence-electron chi connectivity index (χ3n) is 8.87. The highest BCUT2D eigenvalue weighted by Gasteiger charge is 2.53. The van der Waals surface area contributed by atoms with Gasteiger partial charge in [0, 0.05) is 31.7 Å². The second-order valence-corrected chi connectivity index (χ2v) is 11.3. The van der Waals surface area contributed by atoms with Crippen LogP contribution in [0.2, 0.25) is 0 Å². The van der Waals surface area contributed by atoms with Gasteiger partial charge < -0.3 is 10.4 Å². The van der Waals surface area contributed by atoms with Crippen LogP contribution in [0.1, 0.15) is 60.9 Å². The first-order valence-electron chi connectivity index (χ1n) is 12.6. The van der Waals surface area contributed by atoms with Crippen LogP contribution < -0.4 is 5.32 Å². The van der Waals surface area contributed by atoms with Gasteiger partial charge in [0.15, 0.2) is 0 Å². The summed E-state index contributed by atoms with van der Waals surface area (Å²) in [6, 6.07) is 8.83. The molecule has 4 fully saturated rings. The molecule has 0 spiro atoms. The van der Waals surface area contributed by atoms with E-state index >= 15 is 0 Å². The van der Waals surface area contributed by atoms with Crippen LogP contribution in [0.4, 0.5) is 5.82 Å². The molecule has 1 unspecified atom stereocenters. The summed E-state index contributed by atoms with van der Waals surface area (Å²) in [4.78, 5) is 11.7. The van der Waals surface area contributed by atoms with Gasteiger partial charge in [-0.05, 0) is 80.6 Å². The zero-order chi connectivity index (χ0) is 21.7. The Labute approximate surface area is 191 Å². The fourth-order valence-electron chi connectivity index (χ4n) is 7.64. The Bertz CT molecular complexity index is 937. The van der Waals surface area contributed by atoms with E-state index in [0.29, 0.717) is 6.54 Å². The summed E-state index contributed by atoms with van der Waals surface area (Å²) in [5.41, 5.74) is 5.18. The van der Waals surface area contributed by atoms with E-state index in [0.717, 1.165) is 55.3 Å². The first kappa shape index (κ1) is 20.6. The van der Waals surface area contributed by atoms with Crippen molar-refractivity contribution in [3.8, 4) is 0 Å². The molecule has 1 atom stereocenters. The third kappa shape index (κ3) is 3.84. The number of aliphatic hydroxyl groups excluding tert-OH is 1. The van der Waals surface area contributed by atoms with Gasteiger partial charge >= 0.3 is 0 Å². The first-order chi connectivity index (χ1) is 15.6. The topological polar surface area (TPSA) is 61.3 Å². The number of nitrogens with one attached hydrogen (secondary N) is 1. The second-order valence-electron chi connectivity index (χ2n) is 11.3. The van der Waals surface area contributed by atoms with Gasteiger partial charge in [0.25, 0.3) is 0 Å². The maximum Gasteiger partial charge on any atom is 0.133 e. The molecule has 1 aliphatic heterocycles. The summed E-state index contributed by atoms with van der Waals surface area (Å²) >= 11 is 0. The third-order valence-corrected chi connectivity index (χ3v) is 8.87. The predicted molar refractivity (Wildman–Crippen MR) is 126 cm³/mol. The lowest BCUT2D eigenvalue weighted by atomic mass is 9.48. The lowest BCUT2D eigenvalue weighted by Crippen LogP contribution is -2.53. The van der Waals surface area contributed by atoms with Gasteiger partial charge in [-0.25, -0.2) is 9.97 Å². The minimum atomic E-state index is -0.275. The number of benzene rings is 1. The van der Waals surface area contributed by atoms with Crippen molar-refractivity contribution in [3.05, 3.63) is 53.0 Å². The molecular weight excluding hydrogens is 396 g/mol. The van der Waals surface area contributed by atoms with Crippen LogP contribution in [0.15, 0.2) is 30.6 Å². The quantitative estimate of drug-likeness (QED) is 0.711. The highest BCUT2D eigenvalue weighted by molar-refractivity contribution is 5.47. The molecule has 7 rings (SSSR count). The van der Waals surface area contributed by atoms with Gasteiger partial charge in [-0.2, -0.15) is 0 Å². The van der Waals surface area contributed by atoms with Crippen molar-refractivity contribution in [2.24, 2.45) is 23.2 Å². The van der Waals surface area contributed by atoms with E-state index in [1.807, 2.05) is 0 Å². The molecule has 0 saturated heterocycles. The van der Waals surface area contributed by atoms with E-state index in [1.54, 1.807) is 6.33 Å². The van der Waals surface area contributed by atoms with E-state index in [2.05, 4.69) is 51.4 Å². The number of nitrogens with zero attached hydrogens (tertiary/aromatic N) is 3. The molecule has 5 nitrogen and oxygen atoms in total. The molecule has 0 amide bonds. The predicted octanol–water partition coefficient (Wildman–Crippen LogP) is 4.33. The zero-order valence-corrected chi connectivity index (χ0v) is 19.3. The van der Waals surface area contributed by atoms with Gasteiger partial charge in [0.1, 0.15) is 12.1 Å². The average Bonchev–Trinajstić information content (AvgIpc) is 2.78. The largest absolute Gasteiger partial charge is 0.391 e. The Morgan fingerprint density at radius 3 is 2.44 bits per heavy atom. The fourth-order valence-corrected chi connectivity index (χ4v) is 7.64. The summed E-state index contributed by atoms with van der Waals surface area (Å²) in [5.74, 6) is 3.53. The monoisotopic (exact) mass is 432 g/mol. The van der Waals surface area contributed by atoms with Crippen LogP contribution in [-0.2, 0) is 19.5 Å². The van der Waals surface area contributed by atoms with Gasteiger partial charge in [0.05, 0.1) is 11.8 Å². The van der Waals surface area contributed by atoms with Crippen LogP contribution in [0.25, 0.3) is 0 Å². The molecular formula is C27H36N4O. The van der Waals surface area contributed by atoms with E-state index in [4.69, 9.17) is 0 Å². The molecule has 2 heterocycles. The van der Waals surface area contributed by atoms with Crippen molar-refractivity contribution >= 4 is 5.82 Å². The van der Waals surface area contributed by atoms with E-state index in [-0.39, 0.29) is 11.5 Å². The second kappa shape index (κ2) is 8.11. The Kier molecular flexibility index (Phi) is 5.22. The molecule has 4 aliphatic carbocycles. The molecule has 32 heavy (non-hydrogen) atoms. The van der Waals surface area contributed by atoms with Gasteiger partial charge in [-0.1, -0.05) is 29.8 Å². The van der Waals surface area contributed by atoms with Crippen LogP contribution in [0, 0.1) is 30.1 Å². The van der Waals surface area contributed by atoms with Crippen molar-refractivity contribution in [1.82, 2.24) is 14.9 Å². The molecule has 1 aromatic carbocycles. The van der Waals surface area contributed by atoms with E-state index in [9.17, 15) is 5.11 Å². The summed E-state index contributed by atoms with van der Waals surface area (Å²) < 4.78 is 0. The number of aromatic nitrogens is 2. The van der Waals surface area contributed by atoms with Gasteiger partial charge in [0.2, 0.25) is 0 Å². The van der Waals surface area contributed by atoms with E-state index < -0.39 is 0 Å². The van der Waals surface area contributed by atoms with Gasteiger partial charge in [-0.15, -0.1) is 0 Å². The van der Waals surface area contributed by atoms with Crippen molar-refractivity contribution in [2.75, 3.05) is 18.4 Å². The van der Waals surface area contributed by atoms with Crippen LogP contribution in [0.5, 0.6) is 0 Å². The van der Waals surface area contributed by atoms with Crippen LogP contribution >= 0.6 is 0 Å². The highest BCUT2D eigenvalue weighted by Crippen LogP contribution is 2.61. The Hall–Kier alpha value is -1.98. The number of aryl methyl sites for hydroxylation is 1. The molecule has 4 bridgehead atoms. The molecule has 2 N–H and O–H groups in total. The van der Waals surface area contributed by atoms with Crippen molar-refractivity contribution in [3.63, 3.8) is 0 Å². The molecule has 2 aromatic rings. The van der Waals surface area contributed by atoms with Crippen LogP contribution in [-0.4, -0.2) is 39.2 Å². The Morgan fingerprint density at radius 1 is 1.06 bits per heavy atom. The number of rotatable bonds is 6. The van der Waals surface area contributed by atoms with Gasteiger partial charge in [-0.3, -0.25) is 4.90 Å². The summed E-state index contributed by atoms with van der Waals surface area (Å²) in [7, 11) is 0. The average molecular weight is 433 g/mol. The maximum atomic E-state index is 11.3. The van der Waals surface area contributed by atoms with Crippen LogP contribution in [0.3, 0.4) is 0 Å². The maximum absolute atomic E-state index is 11.3. The van der Waals surface area contributed by atoms with Crippen molar-refractivity contribution < 1.29 is 5.11 Å². The normalized spacial score (nSPS) is 32.0. The van der Waals surface area contributed by atoms with Crippen molar-refractivity contribution in [2.45, 2.75) is 71.1 Å². The minimum Gasteiger partial charge on any atom is -0.391 e. The fraction of sp³-hybridized carbons (Fsp3) is 0.630.